The van der Waals surface area contributed by atoms with Crippen LogP contribution >= 0.6 is 11.3 Å². The molecule has 0 aliphatic rings. The third kappa shape index (κ3) is 3.02. The maximum absolute atomic E-state index is 13.4. The average Bonchev–Trinajstić information content (AvgIpc) is 2.91. The lowest BCUT2D eigenvalue weighted by atomic mass is 10.0. The molecule has 2 aromatic rings. The fraction of sp³-hybridized carbons (Fsp3) is 0.214. The zero-order chi connectivity index (χ0) is 14.8. The Kier molecular flexibility index (Phi) is 4.15. The van der Waals surface area contributed by atoms with E-state index in [4.69, 9.17) is 0 Å². The van der Waals surface area contributed by atoms with Gasteiger partial charge in [-0.3, -0.25) is 4.79 Å². The number of carbonyl (C=O) groups is 1. The second-order valence-electron chi connectivity index (χ2n) is 4.53. The second kappa shape index (κ2) is 5.68. The zero-order valence-electron chi connectivity index (χ0n) is 10.7. The SMILES string of the molecule is C[C@](O)(CNC(=O)c1c(F)cccc1F)c1cccs1. The maximum atomic E-state index is 13.4. The minimum absolute atomic E-state index is 0.139. The Hall–Kier alpha value is -1.79. The number of aliphatic hydroxyl groups is 1. The molecule has 2 rings (SSSR count). The largest absolute Gasteiger partial charge is 0.383 e. The smallest absolute Gasteiger partial charge is 0.257 e. The Balaban J connectivity index is 2.10. The van der Waals surface area contributed by atoms with E-state index < -0.39 is 28.7 Å². The molecular weight excluding hydrogens is 284 g/mol. The van der Waals surface area contributed by atoms with Gasteiger partial charge in [0.05, 0.1) is 6.54 Å². The van der Waals surface area contributed by atoms with E-state index in [1.165, 1.54) is 24.3 Å². The average molecular weight is 297 g/mol. The number of carbonyl (C=O) groups excluding carboxylic acids is 1. The normalized spacial score (nSPS) is 13.8. The number of nitrogens with one attached hydrogen (secondary N) is 1. The van der Waals surface area contributed by atoms with Crippen molar-refractivity contribution < 1.29 is 18.7 Å². The van der Waals surface area contributed by atoms with E-state index in [0.717, 1.165) is 12.1 Å². The molecule has 0 aliphatic carbocycles. The van der Waals surface area contributed by atoms with E-state index in [1.807, 2.05) is 0 Å². The molecule has 2 N–H and O–H groups in total. The molecule has 0 saturated heterocycles. The third-order valence-electron chi connectivity index (χ3n) is 2.83. The molecule has 1 heterocycles. The molecule has 0 saturated carbocycles. The van der Waals surface area contributed by atoms with Gasteiger partial charge >= 0.3 is 0 Å². The fourth-order valence-corrected chi connectivity index (χ4v) is 2.51. The lowest BCUT2D eigenvalue weighted by Gasteiger charge is -2.22. The molecule has 3 nitrogen and oxygen atoms in total. The van der Waals surface area contributed by atoms with Crippen LogP contribution < -0.4 is 5.32 Å². The molecule has 1 aromatic carbocycles. The van der Waals surface area contributed by atoms with Gasteiger partial charge < -0.3 is 10.4 Å². The van der Waals surface area contributed by atoms with Crippen LogP contribution in [0.4, 0.5) is 8.78 Å². The second-order valence-corrected chi connectivity index (χ2v) is 5.48. The van der Waals surface area contributed by atoms with E-state index in [2.05, 4.69) is 5.32 Å². The molecular formula is C14H13F2NO2S. The van der Waals surface area contributed by atoms with Crippen molar-refractivity contribution in [3.63, 3.8) is 0 Å². The van der Waals surface area contributed by atoms with E-state index in [1.54, 1.807) is 17.5 Å². The maximum Gasteiger partial charge on any atom is 0.257 e. The first-order valence-electron chi connectivity index (χ1n) is 5.90. The van der Waals surface area contributed by atoms with Gasteiger partial charge in [-0.1, -0.05) is 12.1 Å². The van der Waals surface area contributed by atoms with E-state index in [0.29, 0.717) is 4.88 Å². The van der Waals surface area contributed by atoms with Crippen LogP contribution in [0.2, 0.25) is 0 Å². The third-order valence-corrected chi connectivity index (χ3v) is 3.96. The van der Waals surface area contributed by atoms with Gasteiger partial charge in [-0.15, -0.1) is 11.3 Å². The highest BCUT2D eigenvalue weighted by Gasteiger charge is 2.26. The summed E-state index contributed by atoms with van der Waals surface area (Å²) in [6.45, 7) is 1.39. The highest BCUT2D eigenvalue weighted by Crippen LogP contribution is 2.24. The molecule has 0 radical (unpaired) electrons. The molecule has 6 heteroatoms. The first kappa shape index (κ1) is 14.6. The number of rotatable bonds is 4. The minimum Gasteiger partial charge on any atom is -0.383 e. The Labute approximate surface area is 118 Å². The number of amides is 1. The van der Waals surface area contributed by atoms with Crippen LogP contribution in [0, 0.1) is 11.6 Å². The van der Waals surface area contributed by atoms with Gasteiger partial charge in [0.1, 0.15) is 22.8 Å². The Bertz CT molecular complexity index is 591. The van der Waals surface area contributed by atoms with Crippen LogP contribution in [0.15, 0.2) is 35.7 Å². The van der Waals surface area contributed by atoms with Crippen molar-refractivity contribution in [1.82, 2.24) is 5.32 Å². The molecule has 0 fully saturated rings. The molecule has 0 unspecified atom stereocenters. The van der Waals surface area contributed by atoms with Gasteiger partial charge in [0.25, 0.3) is 5.91 Å². The number of hydrogen-bond acceptors (Lipinski definition) is 3. The Morgan fingerprint density at radius 2 is 1.95 bits per heavy atom. The van der Waals surface area contributed by atoms with Crippen LogP contribution in [-0.2, 0) is 5.60 Å². The van der Waals surface area contributed by atoms with Crippen molar-refractivity contribution in [1.29, 1.82) is 0 Å². The van der Waals surface area contributed by atoms with Crippen molar-refractivity contribution in [3.8, 4) is 0 Å². The van der Waals surface area contributed by atoms with Crippen molar-refractivity contribution in [2.24, 2.45) is 0 Å². The first-order chi connectivity index (χ1) is 9.42. The van der Waals surface area contributed by atoms with Crippen LogP contribution in [0.3, 0.4) is 0 Å². The number of hydrogen-bond donors (Lipinski definition) is 2. The summed E-state index contributed by atoms with van der Waals surface area (Å²) in [6.07, 6.45) is 0. The topological polar surface area (TPSA) is 49.3 Å². The van der Waals surface area contributed by atoms with E-state index in [-0.39, 0.29) is 6.54 Å². The quantitative estimate of drug-likeness (QED) is 0.911. The van der Waals surface area contributed by atoms with Crippen molar-refractivity contribution in [2.45, 2.75) is 12.5 Å². The lowest BCUT2D eigenvalue weighted by molar-refractivity contribution is 0.0554. The Morgan fingerprint density at radius 1 is 1.30 bits per heavy atom. The van der Waals surface area contributed by atoms with E-state index >= 15 is 0 Å². The molecule has 1 aromatic heterocycles. The van der Waals surface area contributed by atoms with Gasteiger partial charge in [-0.05, 0) is 30.5 Å². The van der Waals surface area contributed by atoms with Crippen LogP contribution in [0.25, 0.3) is 0 Å². The number of halogens is 2. The summed E-state index contributed by atoms with van der Waals surface area (Å²) in [7, 11) is 0. The monoisotopic (exact) mass is 297 g/mol. The van der Waals surface area contributed by atoms with E-state index in [9.17, 15) is 18.7 Å². The molecule has 1 atom stereocenters. The molecule has 0 bridgehead atoms. The summed E-state index contributed by atoms with van der Waals surface area (Å²) in [4.78, 5) is 12.5. The summed E-state index contributed by atoms with van der Waals surface area (Å²) in [5, 5.41) is 14.4. The molecule has 106 valence electrons. The fourth-order valence-electron chi connectivity index (χ4n) is 1.73. The van der Waals surface area contributed by atoms with Crippen molar-refractivity contribution in [2.75, 3.05) is 6.54 Å². The van der Waals surface area contributed by atoms with Crippen molar-refractivity contribution >= 4 is 17.2 Å². The van der Waals surface area contributed by atoms with Gasteiger partial charge in [0, 0.05) is 4.88 Å². The number of thiophene rings is 1. The zero-order valence-corrected chi connectivity index (χ0v) is 11.5. The summed E-state index contributed by atoms with van der Waals surface area (Å²) in [6, 6.07) is 6.70. The first-order valence-corrected chi connectivity index (χ1v) is 6.78. The highest BCUT2D eigenvalue weighted by molar-refractivity contribution is 7.10. The summed E-state index contributed by atoms with van der Waals surface area (Å²) in [5.41, 5.74) is -1.93. The molecule has 20 heavy (non-hydrogen) atoms. The van der Waals surface area contributed by atoms with Crippen molar-refractivity contribution in [3.05, 3.63) is 57.8 Å². The lowest BCUT2D eigenvalue weighted by Crippen LogP contribution is -2.38. The molecule has 1 amide bonds. The van der Waals surface area contributed by atoms with Gasteiger partial charge in [0.15, 0.2) is 0 Å². The molecule has 0 spiro atoms. The standard InChI is InChI=1S/C14H13F2NO2S/c1-14(19,11-6-3-7-20-11)8-17-13(18)12-9(15)4-2-5-10(12)16/h2-7,19H,8H2,1H3,(H,17,18)/t14-/m0/s1. The molecule has 0 aliphatic heterocycles. The highest BCUT2D eigenvalue weighted by atomic mass is 32.1. The predicted molar refractivity (Wildman–Crippen MR) is 72.6 cm³/mol. The van der Waals surface area contributed by atoms with Gasteiger partial charge in [-0.2, -0.15) is 0 Å². The van der Waals surface area contributed by atoms with Gasteiger partial charge in [-0.25, -0.2) is 8.78 Å². The van der Waals surface area contributed by atoms with Crippen LogP contribution in [0.5, 0.6) is 0 Å². The summed E-state index contributed by atoms with van der Waals surface area (Å²) in [5.74, 6) is -2.76. The minimum atomic E-state index is -1.29. The van der Waals surface area contributed by atoms with Gasteiger partial charge in [0.2, 0.25) is 0 Å². The Morgan fingerprint density at radius 3 is 2.50 bits per heavy atom. The van der Waals surface area contributed by atoms with Crippen LogP contribution in [0.1, 0.15) is 22.2 Å². The van der Waals surface area contributed by atoms with Crippen LogP contribution in [-0.4, -0.2) is 17.6 Å². The summed E-state index contributed by atoms with van der Waals surface area (Å²) >= 11 is 1.33. The summed E-state index contributed by atoms with van der Waals surface area (Å²) < 4.78 is 26.9. The predicted octanol–water partition coefficient (Wildman–Crippen LogP) is 2.66. The number of benzene rings is 1.